The van der Waals surface area contributed by atoms with E-state index in [2.05, 4.69) is 15.4 Å². The predicted octanol–water partition coefficient (Wildman–Crippen LogP) is 3.35. The zero-order chi connectivity index (χ0) is 21.7. The third-order valence-corrected chi connectivity index (χ3v) is 6.25. The van der Waals surface area contributed by atoms with Crippen molar-refractivity contribution in [3.05, 3.63) is 48.4 Å². The van der Waals surface area contributed by atoms with Crippen LogP contribution in [0.5, 0.6) is 5.75 Å². The zero-order valence-corrected chi connectivity index (χ0v) is 17.5. The molecule has 1 amide bonds. The second kappa shape index (κ2) is 7.59. The highest BCUT2D eigenvalue weighted by atomic mass is 16.5. The molecule has 2 aliphatic carbocycles. The number of carbonyl (C=O) groups excluding carboxylic acids is 1. The molecule has 0 atom stereocenters. The highest BCUT2D eigenvalue weighted by Crippen LogP contribution is 2.34. The fourth-order valence-corrected chi connectivity index (χ4v) is 4.32. The van der Waals surface area contributed by atoms with Crippen molar-refractivity contribution in [3.63, 3.8) is 0 Å². The maximum Gasteiger partial charge on any atom is 0.260 e. The van der Waals surface area contributed by atoms with Gasteiger partial charge in [-0.2, -0.15) is 14.7 Å². The van der Waals surface area contributed by atoms with Gasteiger partial charge in [0.15, 0.2) is 11.5 Å². The number of hydrogen-bond acceptors (Lipinski definition) is 6. The van der Waals surface area contributed by atoms with Crippen molar-refractivity contribution in [1.29, 1.82) is 0 Å². The zero-order valence-electron chi connectivity index (χ0n) is 17.5. The Bertz CT molecular complexity index is 1300. The van der Waals surface area contributed by atoms with E-state index in [1.54, 1.807) is 23.0 Å². The van der Waals surface area contributed by atoms with Crippen molar-refractivity contribution in [3.8, 4) is 5.75 Å². The minimum atomic E-state index is -0.274. The van der Waals surface area contributed by atoms with Gasteiger partial charge in [0.2, 0.25) is 0 Å². The Morgan fingerprint density at radius 1 is 1.16 bits per heavy atom. The summed E-state index contributed by atoms with van der Waals surface area (Å²) in [5, 5.41) is 22.6. The Morgan fingerprint density at radius 3 is 2.81 bits per heavy atom. The molecule has 2 aliphatic rings. The number of anilines is 1. The van der Waals surface area contributed by atoms with Crippen LogP contribution >= 0.6 is 0 Å². The van der Waals surface area contributed by atoms with Crippen LogP contribution in [0.2, 0.25) is 0 Å². The van der Waals surface area contributed by atoms with E-state index in [1.807, 2.05) is 29.1 Å². The molecule has 2 saturated carbocycles. The predicted molar refractivity (Wildman–Crippen MR) is 118 cm³/mol. The molecule has 164 valence electrons. The number of nitrogens with one attached hydrogen (secondary N) is 1. The van der Waals surface area contributed by atoms with Gasteiger partial charge in [0.25, 0.3) is 5.91 Å². The van der Waals surface area contributed by atoms with E-state index in [0.29, 0.717) is 22.8 Å². The first kappa shape index (κ1) is 19.2. The number of ether oxygens (including phenoxy) is 1. The van der Waals surface area contributed by atoms with E-state index in [4.69, 9.17) is 9.84 Å². The third kappa shape index (κ3) is 3.58. The van der Waals surface area contributed by atoms with E-state index in [-0.39, 0.29) is 24.2 Å². The van der Waals surface area contributed by atoms with Crippen molar-refractivity contribution < 1.29 is 14.6 Å². The Balaban J connectivity index is 1.34. The summed E-state index contributed by atoms with van der Waals surface area (Å²) in [6, 6.07) is 7.60. The average molecular weight is 432 g/mol. The normalized spacial score (nSPS) is 21.2. The van der Waals surface area contributed by atoms with E-state index < -0.39 is 0 Å². The fraction of sp³-hybridized carbons (Fsp3) is 0.391. The quantitative estimate of drug-likeness (QED) is 0.501. The van der Waals surface area contributed by atoms with Gasteiger partial charge in [-0.15, -0.1) is 0 Å². The van der Waals surface area contributed by atoms with Crippen molar-refractivity contribution in [1.82, 2.24) is 24.4 Å². The molecular weight excluding hydrogens is 408 g/mol. The summed E-state index contributed by atoms with van der Waals surface area (Å²) in [4.78, 5) is 17.5. The number of benzene rings is 1. The Hall–Kier alpha value is -3.46. The molecule has 6 rings (SSSR count). The molecule has 0 aliphatic heterocycles. The van der Waals surface area contributed by atoms with E-state index in [1.165, 1.54) is 0 Å². The number of aliphatic hydroxyl groups is 1. The molecule has 0 radical (unpaired) electrons. The summed E-state index contributed by atoms with van der Waals surface area (Å²) >= 11 is 0. The Kier molecular flexibility index (Phi) is 4.57. The lowest BCUT2D eigenvalue weighted by Crippen LogP contribution is -2.21. The molecule has 3 heterocycles. The molecule has 32 heavy (non-hydrogen) atoms. The summed E-state index contributed by atoms with van der Waals surface area (Å²) in [5.41, 5.74) is 1.93. The lowest BCUT2D eigenvalue weighted by molar-refractivity contribution is 0.102. The number of aliphatic hydroxyl groups excluding tert-OH is 1. The largest absolute Gasteiger partial charge is 0.490 e. The van der Waals surface area contributed by atoms with Crippen molar-refractivity contribution in [2.75, 3.05) is 5.32 Å². The first-order chi connectivity index (χ1) is 15.6. The molecular formula is C23H24N6O3. The lowest BCUT2D eigenvalue weighted by Gasteiger charge is -2.25. The topological polar surface area (TPSA) is 107 Å². The summed E-state index contributed by atoms with van der Waals surface area (Å²) in [6.45, 7) is 0. The molecule has 0 bridgehead atoms. The van der Waals surface area contributed by atoms with Crippen LogP contribution in [-0.2, 0) is 0 Å². The summed E-state index contributed by atoms with van der Waals surface area (Å²) in [5.74, 6) is 0.770. The van der Waals surface area contributed by atoms with Crippen LogP contribution in [0.1, 0.15) is 54.9 Å². The van der Waals surface area contributed by atoms with Crippen LogP contribution in [-0.4, -0.2) is 47.6 Å². The smallest absolute Gasteiger partial charge is 0.260 e. The standard InChI is InChI=1S/C23H24N6O3/c30-16-5-3-15(4-6-16)28-13-14-10-18(20(11-19(14)27-28)32-17-7-8-17)23(31)26-22-12-24-21-2-1-9-25-29(21)22/h1-2,9-13,15-17,30H,3-8H2,(H,26,31). The lowest BCUT2D eigenvalue weighted by atomic mass is 9.93. The minimum Gasteiger partial charge on any atom is -0.490 e. The maximum absolute atomic E-state index is 13.3. The van der Waals surface area contributed by atoms with Gasteiger partial charge < -0.3 is 15.2 Å². The molecule has 0 unspecified atom stereocenters. The molecule has 9 nitrogen and oxygen atoms in total. The van der Waals surface area contributed by atoms with Crippen LogP contribution in [0.15, 0.2) is 42.9 Å². The van der Waals surface area contributed by atoms with Gasteiger partial charge in [0, 0.05) is 23.8 Å². The second-order valence-corrected chi connectivity index (χ2v) is 8.69. The molecule has 9 heteroatoms. The number of amides is 1. The van der Waals surface area contributed by atoms with Crippen LogP contribution < -0.4 is 10.1 Å². The number of imidazole rings is 1. The molecule has 2 N–H and O–H groups in total. The highest BCUT2D eigenvalue weighted by Gasteiger charge is 2.27. The van der Waals surface area contributed by atoms with Crippen LogP contribution in [0.25, 0.3) is 16.6 Å². The number of aromatic nitrogens is 5. The Morgan fingerprint density at radius 2 is 2.00 bits per heavy atom. The Labute approximate surface area is 184 Å². The summed E-state index contributed by atoms with van der Waals surface area (Å²) < 4.78 is 9.65. The molecule has 4 aromatic rings. The first-order valence-electron chi connectivity index (χ1n) is 11.1. The average Bonchev–Trinajstić information content (AvgIpc) is 3.38. The van der Waals surface area contributed by atoms with Crippen molar-refractivity contribution in [2.24, 2.45) is 0 Å². The summed E-state index contributed by atoms with van der Waals surface area (Å²) in [7, 11) is 0. The van der Waals surface area contributed by atoms with E-state index in [9.17, 15) is 9.90 Å². The van der Waals surface area contributed by atoms with Gasteiger partial charge in [-0.05, 0) is 56.7 Å². The van der Waals surface area contributed by atoms with Crippen LogP contribution in [0.4, 0.5) is 5.82 Å². The van der Waals surface area contributed by atoms with E-state index >= 15 is 0 Å². The van der Waals surface area contributed by atoms with Gasteiger partial charge in [-0.25, -0.2) is 4.98 Å². The number of carbonyl (C=O) groups is 1. The van der Waals surface area contributed by atoms with Gasteiger partial charge in [-0.1, -0.05) is 0 Å². The summed E-state index contributed by atoms with van der Waals surface area (Å²) in [6.07, 6.45) is 10.5. The van der Waals surface area contributed by atoms with Crippen molar-refractivity contribution in [2.45, 2.75) is 56.8 Å². The number of hydrogen-bond donors (Lipinski definition) is 2. The van der Waals surface area contributed by atoms with Crippen LogP contribution in [0, 0.1) is 0 Å². The van der Waals surface area contributed by atoms with Crippen LogP contribution in [0.3, 0.4) is 0 Å². The highest BCUT2D eigenvalue weighted by molar-refractivity contribution is 6.08. The van der Waals surface area contributed by atoms with Gasteiger partial charge in [-0.3, -0.25) is 9.48 Å². The number of rotatable bonds is 5. The fourth-order valence-electron chi connectivity index (χ4n) is 4.32. The van der Waals surface area contributed by atoms with Gasteiger partial charge in [0.05, 0.1) is 35.5 Å². The van der Waals surface area contributed by atoms with Crippen molar-refractivity contribution >= 4 is 28.3 Å². The number of fused-ring (bicyclic) bond motifs is 2. The molecule has 2 fully saturated rings. The first-order valence-corrected chi connectivity index (χ1v) is 11.1. The molecule has 0 spiro atoms. The molecule has 3 aromatic heterocycles. The second-order valence-electron chi connectivity index (χ2n) is 8.69. The van der Waals surface area contributed by atoms with Gasteiger partial charge in [0.1, 0.15) is 5.75 Å². The van der Waals surface area contributed by atoms with Gasteiger partial charge >= 0.3 is 0 Å². The molecule has 0 saturated heterocycles. The maximum atomic E-state index is 13.3. The van der Waals surface area contributed by atoms with E-state index in [0.717, 1.165) is 49.4 Å². The SMILES string of the molecule is O=C(Nc1cnc2cccnn12)c1cc2cn(C3CCC(O)CC3)nc2cc1OC1CC1. The monoisotopic (exact) mass is 432 g/mol. The molecule has 1 aromatic carbocycles. The minimum absolute atomic E-state index is 0.151. The third-order valence-electron chi connectivity index (χ3n) is 6.25. The number of nitrogens with zero attached hydrogens (tertiary/aromatic N) is 5.